The standard InChI is InChI=1S/C36H62O3/c1-5-9-10-11-12-13-14-15-16-17-18-19-20-21-22-26-35(38)39-31-32-24-23-25-33(6-2)34(37)28-30-36(7-3,8-4)29-27-32/h25,27-28,30H,5-24,26,29,31H2,1-4H3/b30-28-,32-27+,33-25-. The maximum absolute atomic E-state index is 12.6. The molecule has 224 valence electrons. The van der Waals surface area contributed by atoms with Crippen molar-refractivity contribution in [3.05, 3.63) is 35.5 Å². The molecule has 0 aliphatic heterocycles. The van der Waals surface area contributed by atoms with Gasteiger partial charge in [-0.3, -0.25) is 9.59 Å². The van der Waals surface area contributed by atoms with E-state index >= 15 is 0 Å². The van der Waals surface area contributed by atoms with Crippen molar-refractivity contribution in [1.82, 2.24) is 0 Å². The molecule has 0 spiro atoms. The maximum Gasteiger partial charge on any atom is 0.306 e. The van der Waals surface area contributed by atoms with E-state index in [0.29, 0.717) is 13.0 Å². The van der Waals surface area contributed by atoms with E-state index in [0.717, 1.165) is 56.9 Å². The minimum Gasteiger partial charge on any atom is -0.461 e. The van der Waals surface area contributed by atoms with Crippen molar-refractivity contribution < 1.29 is 14.3 Å². The Labute approximate surface area is 242 Å². The molecule has 0 heterocycles. The lowest BCUT2D eigenvalue weighted by molar-refractivity contribution is -0.142. The average Bonchev–Trinajstić information content (AvgIpc) is 2.98. The van der Waals surface area contributed by atoms with Crippen LogP contribution in [0.5, 0.6) is 0 Å². The number of hydrogen-bond donors (Lipinski definition) is 0. The fraction of sp³-hybridized carbons (Fsp3) is 0.778. The molecule has 1 aliphatic rings. The summed E-state index contributed by atoms with van der Waals surface area (Å²) in [6.45, 7) is 9.09. The summed E-state index contributed by atoms with van der Waals surface area (Å²) in [6.07, 6.45) is 34.0. The van der Waals surface area contributed by atoms with E-state index in [9.17, 15) is 9.59 Å². The van der Waals surface area contributed by atoms with Crippen LogP contribution in [0.3, 0.4) is 0 Å². The molecule has 0 aromatic heterocycles. The topological polar surface area (TPSA) is 43.4 Å². The monoisotopic (exact) mass is 542 g/mol. The van der Waals surface area contributed by atoms with Gasteiger partial charge in [-0.15, -0.1) is 0 Å². The molecule has 0 aromatic carbocycles. The van der Waals surface area contributed by atoms with Gasteiger partial charge in [0.05, 0.1) is 0 Å². The second kappa shape index (κ2) is 23.1. The molecular weight excluding hydrogens is 480 g/mol. The minimum absolute atomic E-state index is 0.0119. The summed E-state index contributed by atoms with van der Waals surface area (Å²) >= 11 is 0. The summed E-state index contributed by atoms with van der Waals surface area (Å²) < 4.78 is 5.70. The molecule has 0 bridgehead atoms. The summed E-state index contributed by atoms with van der Waals surface area (Å²) in [6, 6.07) is 0. The molecule has 1 rings (SSSR count). The number of rotatable bonds is 21. The average molecular weight is 543 g/mol. The van der Waals surface area contributed by atoms with Crippen molar-refractivity contribution in [3.63, 3.8) is 0 Å². The quantitative estimate of drug-likeness (QED) is 0.0823. The first-order chi connectivity index (χ1) is 19.0. The molecule has 1 aliphatic carbocycles. The smallest absolute Gasteiger partial charge is 0.306 e. The van der Waals surface area contributed by atoms with E-state index in [1.807, 2.05) is 6.92 Å². The third-order valence-corrected chi connectivity index (χ3v) is 8.75. The van der Waals surface area contributed by atoms with Crippen LogP contribution in [-0.2, 0) is 14.3 Å². The Balaban J connectivity index is 2.25. The number of carbonyl (C=O) groups excluding carboxylic acids is 2. The minimum atomic E-state index is -0.0722. The van der Waals surface area contributed by atoms with Gasteiger partial charge in [-0.05, 0) is 67.6 Å². The molecule has 0 saturated carbocycles. The van der Waals surface area contributed by atoms with Crippen LogP contribution in [0.15, 0.2) is 35.5 Å². The summed E-state index contributed by atoms with van der Waals surface area (Å²) in [5, 5.41) is 0. The zero-order valence-electron chi connectivity index (χ0n) is 26.3. The van der Waals surface area contributed by atoms with Gasteiger partial charge in [-0.1, -0.05) is 136 Å². The van der Waals surface area contributed by atoms with Crippen LogP contribution in [0.4, 0.5) is 0 Å². The van der Waals surface area contributed by atoms with Crippen LogP contribution in [0.25, 0.3) is 0 Å². The van der Waals surface area contributed by atoms with Gasteiger partial charge in [-0.25, -0.2) is 0 Å². The largest absolute Gasteiger partial charge is 0.461 e. The molecule has 0 aromatic rings. The highest BCUT2D eigenvalue weighted by molar-refractivity contribution is 6.03. The number of unbranched alkanes of at least 4 members (excludes halogenated alkanes) is 14. The van der Waals surface area contributed by atoms with Crippen LogP contribution in [-0.4, -0.2) is 18.4 Å². The Morgan fingerprint density at radius 1 is 0.769 bits per heavy atom. The Morgan fingerprint density at radius 3 is 1.82 bits per heavy atom. The lowest BCUT2D eigenvalue weighted by Crippen LogP contribution is -2.16. The van der Waals surface area contributed by atoms with Gasteiger partial charge in [0.25, 0.3) is 0 Å². The van der Waals surface area contributed by atoms with Gasteiger partial charge >= 0.3 is 5.97 Å². The zero-order chi connectivity index (χ0) is 28.6. The van der Waals surface area contributed by atoms with Gasteiger partial charge in [0.1, 0.15) is 6.61 Å². The lowest BCUT2D eigenvalue weighted by Gasteiger charge is -2.27. The summed E-state index contributed by atoms with van der Waals surface area (Å²) in [5.74, 6) is 0.0687. The summed E-state index contributed by atoms with van der Waals surface area (Å²) in [5.41, 5.74) is 2.06. The first-order valence-electron chi connectivity index (χ1n) is 16.8. The first-order valence-corrected chi connectivity index (χ1v) is 16.8. The Morgan fingerprint density at radius 2 is 1.31 bits per heavy atom. The zero-order valence-corrected chi connectivity index (χ0v) is 26.3. The van der Waals surface area contributed by atoms with Crippen molar-refractivity contribution in [2.45, 2.75) is 169 Å². The van der Waals surface area contributed by atoms with Crippen molar-refractivity contribution >= 4 is 11.8 Å². The molecule has 0 N–H and O–H groups in total. The van der Waals surface area contributed by atoms with Gasteiger partial charge in [0, 0.05) is 6.42 Å². The van der Waals surface area contributed by atoms with E-state index in [1.54, 1.807) is 6.08 Å². The number of ketones is 1. The Bertz CT molecular complexity index is 738. The van der Waals surface area contributed by atoms with Crippen LogP contribution < -0.4 is 0 Å². The number of ether oxygens (including phenoxy) is 1. The molecule has 0 unspecified atom stereocenters. The predicted octanol–water partition coefficient (Wildman–Crippen LogP) is 11.2. The van der Waals surface area contributed by atoms with E-state index < -0.39 is 0 Å². The van der Waals surface area contributed by atoms with Crippen molar-refractivity contribution in [1.29, 1.82) is 0 Å². The molecule has 0 atom stereocenters. The fourth-order valence-electron chi connectivity index (χ4n) is 5.52. The van der Waals surface area contributed by atoms with Gasteiger partial charge in [-0.2, -0.15) is 0 Å². The highest BCUT2D eigenvalue weighted by Crippen LogP contribution is 2.34. The van der Waals surface area contributed by atoms with Crippen LogP contribution in [0.1, 0.15) is 169 Å². The third kappa shape index (κ3) is 16.9. The van der Waals surface area contributed by atoms with Crippen LogP contribution in [0, 0.1) is 5.41 Å². The number of carbonyl (C=O) groups is 2. The Kier molecular flexibility index (Phi) is 21.0. The SMILES string of the molecule is CCCCCCCCCCCCCCCCCC(=O)OC/C1=C/CC(CC)(CC)/C=C\C(=O)/C(CC)=C\CC1. The van der Waals surface area contributed by atoms with Gasteiger partial charge in [0.2, 0.25) is 0 Å². The number of esters is 1. The second-order valence-corrected chi connectivity index (χ2v) is 11.8. The van der Waals surface area contributed by atoms with E-state index in [-0.39, 0.29) is 17.2 Å². The normalized spacial score (nSPS) is 19.4. The third-order valence-electron chi connectivity index (χ3n) is 8.75. The first kappa shape index (κ1) is 35.4. The molecule has 3 heteroatoms. The number of allylic oxidation sites excluding steroid dienone is 5. The number of hydrogen-bond acceptors (Lipinski definition) is 3. The Hall–Kier alpha value is -1.64. The second-order valence-electron chi connectivity index (χ2n) is 11.8. The lowest BCUT2D eigenvalue weighted by atomic mass is 9.78. The molecular formula is C36H62O3. The van der Waals surface area contributed by atoms with E-state index in [1.165, 1.54) is 89.0 Å². The molecule has 39 heavy (non-hydrogen) atoms. The highest BCUT2D eigenvalue weighted by atomic mass is 16.5. The predicted molar refractivity (Wildman–Crippen MR) is 168 cm³/mol. The summed E-state index contributed by atoms with van der Waals surface area (Å²) in [4.78, 5) is 25.0. The van der Waals surface area contributed by atoms with Crippen molar-refractivity contribution in [3.8, 4) is 0 Å². The maximum atomic E-state index is 12.6. The van der Waals surface area contributed by atoms with Gasteiger partial charge < -0.3 is 4.74 Å². The van der Waals surface area contributed by atoms with Crippen LogP contribution >= 0.6 is 0 Å². The van der Waals surface area contributed by atoms with Crippen LogP contribution in [0.2, 0.25) is 0 Å². The van der Waals surface area contributed by atoms with Gasteiger partial charge in [0.15, 0.2) is 5.78 Å². The van der Waals surface area contributed by atoms with Crippen molar-refractivity contribution in [2.75, 3.05) is 6.61 Å². The van der Waals surface area contributed by atoms with E-state index in [4.69, 9.17) is 4.74 Å². The molecule has 0 saturated heterocycles. The van der Waals surface area contributed by atoms with E-state index in [2.05, 4.69) is 39.0 Å². The molecule has 0 fully saturated rings. The molecule has 3 nitrogen and oxygen atoms in total. The molecule has 0 amide bonds. The fourth-order valence-corrected chi connectivity index (χ4v) is 5.52. The van der Waals surface area contributed by atoms with Crippen molar-refractivity contribution in [2.24, 2.45) is 5.41 Å². The molecule has 0 radical (unpaired) electrons. The summed E-state index contributed by atoms with van der Waals surface area (Å²) in [7, 11) is 0. The highest BCUT2D eigenvalue weighted by Gasteiger charge is 2.23.